The van der Waals surface area contributed by atoms with E-state index in [1.807, 2.05) is 17.5 Å². The summed E-state index contributed by atoms with van der Waals surface area (Å²) in [5.41, 5.74) is 0. The first-order chi connectivity index (χ1) is 8.34. The van der Waals surface area contributed by atoms with Crippen molar-refractivity contribution in [1.29, 1.82) is 0 Å². The minimum Gasteiger partial charge on any atom is -0.481 e. The molecule has 7 heteroatoms. The molecule has 0 spiro atoms. The van der Waals surface area contributed by atoms with Gasteiger partial charge in [0.15, 0.2) is 5.92 Å². The highest BCUT2D eigenvalue weighted by Gasteiger charge is 2.45. The summed E-state index contributed by atoms with van der Waals surface area (Å²) < 4.78 is 37.6. The van der Waals surface area contributed by atoms with Crippen molar-refractivity contribution in [1.82, 2.24) is 4.90 Å². The molecule has 0 radical (unpaired) electrons. The molecule has 0 fully saturated rings. The van der Waals surface area contributed by atoms with E-state index in [2.05, 4.69) is 0 Å². The van der Waals surface area contributed by atoms with E-state index in [4.69, 9.17) is 5.11 Å². The van der Waals surface area contributed by atoms with Crippen molar-refractivity contribution in [3.05, 3.63) is 22.4 Å². The topological polar surface area (TPSA) is 40.5 Å². The average Bonchev–Trinajstić information content (AvgIpc) is 2.74. The first-order valence-corrected chi connectivity index (χ1v) is 6.26. The number of rotatable bonds is 6. The maximum absolute atomic E-state index is 12.5. The van der Waals surface area contributed by atoms with E-state index in [1.54, 1.807) is 6.92 Å². The highest BCUT2D eigenvalue weighted by atomic mass is 32.1. The van der Waals surface area contributed by atoms with Crippen molar-refractivity contribution in [2.24, 2.45) is 5.92 Å². The van der Waals surface area contributed by atoms with E-state index < -0.39 is 24.6 Å². The number of carboxylic acids is 1. The first-order valence-electron chi connectivity index (χ1n) is 5.38. The lowest BCUT2D eigenvalue weighted by Gasteiger charge is -2.25. The Bertz CT molecular complexity index is 378. The van der Waals surface area contributed by atoms with E-state index in [9.17, 15) is 18.0 Å². The second-order valence-electron chi connectivity index (χ2n) is 3.84. The zero-order valence-electron chi connectivity index (χ0n) is 9.78. The van der Waals surface area contributed by atoms with E-state index in [1.165, 1.54) is 16.2 Å². The van der Waals surface area contributed by atoms with Gasteiger partial charge in [-0.1, -0.05) is 13.0 Å². The number of thiophene rings is 1. The molecule has 18 heavy (non-hydrogen) atoms. The molecule has 1 unspecified atom stereocenters. The maximum Gasteiger partial charge on any atom is 0.403 e. The predicted molar refractivity (Wildman–Crippen MR) is 62.5 cm³/mol. The predicted octanol–water partition coefficient (Wildman–Crippen LogP) is 2.83. The van der Waals surface area contributed by atoms with Gasteiger partial charge in [-0.3, -0.25) is 9.69 Å². The van der Waals surface area contributed by atoms with E-state index in [0.717, 1.165) is 4.88 Å². The fraction of sp³-hybridized carbons (Fsp3) is 0.545. The van der Waals surface area contributed by atoms with Crippen LogP contribution in [0.4, 0.5) is 13.2 Å². The molecule has 0 saturated heterocycles. The molecule has 0 aliphatic rings. The summed E-state index contributed by atoms with van der Waals surface area (Å²) >= 11 is 1.44. The Morgan fingerprint density at radius 1 is 1.56 bits per heavy atom. The van der Waals surface area contributed by atoms with Gasteiger partial charge in [0.05, 0.1) is 0 Å². The molecule has 1 aromatic rings. The monoisotopic (exact) mass is 281 g/mol. The molecule has 0 bridgehead atoms. The van der Waals surface area contributed by atoms with Crippen LogP contribution < -0.4 is 0 Å². The van der Waals surface area contributed by atoms with Crippen molar-refractivity contribution in [3.8, 4) is 0 Å². The Morgan fingerprint density at radius 3 is 2.61 bits per heavy atom. The highest BCUT2D eigenvalue weighted by Crippen LogP contribution is 2.27. The lowest BCUT2D eigenvalue weighted by atomic mass is 10.1. The van der Waals surface area contributed by atoms with Crippen LogP contribution in [0.25, 0.3) is 0 Å². The first kappa shape index (κ1) is 15.0. The third-order valence-electron chi connectivity index (χ3n) is 2.54. The molecule has 102 valence electrons. The molecule has 1 heterocycles. The van der Waals surface area contributed by atoms with Crippen LogP contribution in [0, 0.1) is 5.92 Å². The van der Waals surface area contributed by atoms with Gasteiger partial charge in [0.25, 0.3) is 0 Å². The van der Waals surface area contributed by atoms with Crippen molar-refractivity contribution >= 4 is 17.3 Å². The number of hydrogen-bond acceptors (Lipinski definition) is 3. The molecular formula is C11H14F3NO2S. The van der Waals surface area contributed by atoms with E-state index in [-0.39, 0.29) is 0 Å². The van der Waals surface area contributed by atoms with Gasteiger partial charge in [0.1, 0.15) is 0 Å². The Balaban J connectivity index is 2.68. The van der Waals surface area contributed by atoms with Gasteiger partial charge in [-0.15, -0.1) is 11.3 Å². The van der Waals surface area contributed by atoms with Gasteiger partial charge >= 0.3 is 12.1 Å². The van der Waals surface area contributed by atoms with Gasteiger partial charge < -0.3 is 5.11 Å². The smallest absolute Gasteiger partial charge is 0.403 e. The summed E-state index contributed by atoms with van der Waals surface area (Å²) in [5, 5.41) is 10.5. The summed E-state index contributed by atoms with van der Waals surface area (Å²) in [6.07, 6.45) is -4.71. The maximum atomic E-state index is 12.5. The van der Waals surface area contributed by atoms with Crippen molar-refractivity contribution in [2.45, 2.75) is 19.6 Å². The molecule has 1 N–H and O–H groups in total. The number of carbonyl (C=O) groups is 1. The quantitative estimate of drug-likeness (QED) is 0.871. The van der Waals surface area contributed by atoms with Crippen molar-refractivity contribution in [3.63, 3.8) is 0 Å². The van der Waals surface area contributed by atoms with Gasteiger partial charge in [-0.25, -0.2) is 0 Å². The average molecular weight is 281 g/mol. The summed E-state index contributed by atoms with van der Waals surface area (Å²) in [7, 11) is 0. The molecule has 0 saturated carbocycles. The second-order valence-corrected chi connectivity index (χ2v) is 4.87. The molecular weight excluding hydrogens is 267 g/mol. The fourth-order valence-corrected chi connectivity index (χ4v) is 2.25. The number of alkyl halides is 3. The molecule has 1 aromatic heterocycles. The molecule has 1 atom stereocenters. The van der Waals surface area contributed by atoms with Gasteiger partial charge in [0, 0.05) is 18.0 Å². The van der Waals surface area contributed by atoms with E-state index >= 15 is 0 Å². The molecule has 0 aromatic carbocycles. The summed E-state index contributed by atoms with van der Waals surface area (Å²) in [6, 6.07) is 3.63. The van der Waals surface area contributed by atoms with Crippen LogP contribution in [0.2, 0.25) is 0 Å². The van der Waals surface area contributed by atoms with Crippen LogP contribution in [-0.2, 0) is 11.3 Å². The largest absolute Gasteiger partial charge is 0.481 e. The Morgan fingerprint density at radius 2 is 2.22 bits per heavy atom. The summed E-state index contributed by atoms with van der Waals surface area (Å²) in [5.74, 6) is -4.16. The number of aliphatic carboxylic acids is 1. The van der Waals surface area contributed by atoms with Crippen molar-refractivity contribution < 1.29 is 23.1 Å². The molecule has 1 rings (SSSR count). The number of carboxylic acid groups (broad SMARTS) is 1. The zero-order valence-corrected chi connectivity index (χ0v) is 10.6. The minimum atomic E-state index is -4.71. The Kier molecular flexibility index (Phi) is 5.15. The lowest BCUT2D eigenvalue weighted by molar-refractivity contribution is -0.196. The lowest BCUT2D eigenvalue weighted by Crippen LogP contribution is -2.41. The molecule has 0 aliphatic carbocycles. The molecule has 0 amide bonds. The Hall–Kier alpha value is -1.08. The molecule has 0 aliphatic heterocycles. The van der Waals surface area contributed by atoms with Crippen LogP contribution in [0.5, 0.6) is 0 Å². The number of hydrogen-bond donors (Lipinski definition) is 1. The fourth-order valence-electron chi connectivity index (χ4n) is 1.51. The number of nitrogens with zero attached hydrogens (tertiary/aromatic N) is 1. The summed E-state index contributed by atoms with van der Waals surface area (Å²) in [4.78, 5) is 13.1. The third-order valence-corrected chi connectivity index (χ3v) is 3.40. The standard InChI is InChI=1S/C11H14F3NO2S/c1-2-15(6-8-4-3-5-18-8)7-9(10(16)17)11(12,13)14/h3-5,9H,2,6-7H2,1H3,(H,16,17). The second kappa shape index (κ2) is 6.19. The number of halogens is 3. The third kappa shape index (κ3) is 4.30. The summed E-state index contributed by atoms with van der Waals surface area (Å²) in [6.45, 7) is 1.90. The van der Waals surface area contributed by atoms with Crippen LogP contribution in [-0.4, -0.2) is 35.2 Å². The van der Waals surface area contributed by atoms with Crippen LogP contribution in [0.15, 0.2) is 17.5 Å². The van der Waals surface area contributed by atoms with Gasteiger partial charge in [-0.2, -0.15) is 13.2 Å². The van der Waals surface area contributed by atoms with Gasteiger partial charge in [-0.05, 0) is 18.0 Å². The highest BCUT2D eigenvalue weighted by molar-refractivity contribution is 7.09. The van der Waals surface area contributed by atoms with Crippen LogP contribution in [0.1, 0.15) is 11.8 Å². The normalized spacial score (nSPS) is 13.8. The van der Waals surface area contributed by atoms with Gasteiger partial charge in [0.2, 0.25) is 0 Å². The van der Waals surface area contributed by atoms with Crippen LogP contribution in [0.3, 0.4) is 0 Å². The zero-order chi connectivity index (χ0) is 13.8. The van der Waals surface area contributed by atoms with Crippen LogP contribution >= 0.6 is 11.3 Å². The molecule has 3 nitrogen and oxygen atoms in total. The SMILES string of the molecule is CCN(Cc1cccs1)CC(C(=O)O)C(F)(F)F. The van der Waals surface area contributed by atoms with E-state index in [0.29, 0.717) is 13.1 Å². The Labute approximate surface area is 107 Å². The minimum absolute atomic E-state index is 0.341. The van der Waals surface area contributed by atoms with Crippen molar-refractivity contribution in [2.75, 3.05) is 13.1 Å².